The standard InChI is InChI=1S/C12H16N2/c1-12(2,3)10-8-14(4)11-5-6-13-7-9(10)11/h5-8H,1-4H3. The first-order chi connectivity index (χ1) is 6.50. The molecule has 0 aliphatic carbocycles. The maximum absolute atomic E-state index is 4.19. The Morgan fingerprint density at radius 2 is 2.00 bits per heavy atom. The molecule has 74 valence electrons. The molecule has 2 heteroatoms. The third-order valence-electron chi connectivity index (χ3n) is 2.60. The van der Waals surface area contributed by atoms with Crippen LogP contribution >= 0.6 is 0 Å². The minimum absolute atomic E-state index is 0.183. The van der Waals surface area contributed by atoms with Crippen molar-refractivity contribution in [3.63, 3.8) is 0 Å². The summed E-state index contributed by atoms with van der Waals surface area (Å²) in [5.41, 5.74) is 2.80. The lowest BCUT2D eigenvalue weighted by Crippen LogP contribution is -2.10. The van der Waals surface area contributed by atoms with Crippen LogP contribution in [0, 0.1) is 0 Å². The first-order valence-electron chi connectivity index (χ1n) is 4.89. The lowest BCUT2D eigenvalue weighted by Gasteiger charge is -2.17. The molecule has 0 saturated carbocycles. The summed E-state index contributed by atoms with van der Waals surface area (Å²) in [5, 5.41) is 1.27. The summed E-state index contributed by atoms with van der Waals surface area (Å²) in [6.07, 6.45) is 6.00. The zero-order valence-corrected chi connectivity index (χ0v) is 9.20. The van der Waals surface area contributed by atoms with Crippen LogP contribution in [0.3, 0.4) is 0 Å². The van der Waals surface area contributed by atoms with Gasteiger partial charge in [0, 0.05) is 31.0 Å². The molecule has 0 atom stereocenters. The van der Waals surface area contributed by atoms with E-state index in [9.17, 15) is 0 Å². The van der Waals surface area contributed by atoms with Gasteiger partial charge in [-0.3, -0.25) is 4.98 Å². The van der Waals surface area contributed by atoms with E-state index in [4.69, 9.17) is 0 Å². The van der Waals surface area contributed by atoms with E-state index < -0.39 is 0 Å². The molecule has 0 spiro atoms. The molecular formula is C12H16N2. The summed E-state index contributed by atoms with van der Waals surface area (Å²) in [4.78, 5) is 4.19. The van der Waals surface area contributed by atoms with E-state index in [1.165, 1.54) is 16.5 Å². The number of nitrogens with zero attached hydrogens (tertiary/aromatic N) is 2. The maximum atomic E-state index is 4.19. The highest BCUT2D eigenvalue weighted by atomic mass is 14.9. The molecule has 0 amide bonds. The van der Waals surface area contributed by atoms with E-state index in [2.05, 4.69) is 49.6 Å². The van der Waals surface area contributed by atoms with Crippen LogP contribution < -0.4 is 0 Å². The van der Waals surface area contributed by atoms with Gasteiger partial charge in [0.15, 0.2) is 0 Å². The van der Waals surface area contributed by atoms with Gasteiger partial charge in [-0.1, -0.05) is 20.8 Å². The van der Waals surface area contributed by atoms with E-state index in [0.717, 1.165) is 0 Å². The normalized spacial score (nSPS) is 12.3. The predicted octanol–water partition coefficient (Wildman–Crippen LogP) is 2.87. The number of aromatic nitrogens is 2. The SMILES string of the molecule is Cn1cc(C(C)(C)C)c2cnccc21. The molecule has 0 saturated heterocycles. The number of pyridine rings is 1. The first-order valence-corrected chi connectivity index (χ1v) is 4.89. The van der Waals surface area contributed by atoms with Crippen molar-refractivity contribution in [2.24, 2.45) is 7.05 Å². The number of hydrogen-bond donors (Lipinski definition) is 0. The second kappa shape index (κ2) is 2.84. The minimum atomic E-state index is 0.183. The molecule has 0 aliphatic rings. The average molecular weight is 188 g/mol. The van der Waals surface area contributed by atoms with Crippen LogP contribution in [0.1, 0.15) is 26.3 Å². The van der Waals surface area contributed by atoms with E-state index in [1.807, 2.05) is 12.4 Å². The highest BCUT2D eigenvalue weighted by Gasteiger charge is 2.19. The number of hydrogen-bond acceptors (Lipinski definition) is 1. The molecule has 2 nitrogen and oxygen atoms in total. The lowest BCUT2D eigenvalue weighted by molar-refractivity contribution is 0.593. The first kappa shape index (κ1) is 9.25. The van der Waals surface area contributed by atoms with Gasteiger partial charge in [-0.2, -0.15) is 0 Å². The van der Waals surface area contributed by atoms with Gasteiger partial charge < -0.3 is 4.57 Å². The molecular weight excluding hydrogens is 172 g/mol. The third-order valence-corrected chi connectivity index (χ3v) is 2.60. The smallest absolute Gasteiger partial charge is 0.0511 e. The summed E-state index contributed by atoms with van der Waals surface area (Å²) in [6, 6.07) is 2.06. The van der Waals surface area contributed by atoms with Crippen molar-refractivity contribution in [3.8, 4) is 0 Å². The van der Waals surface area contributed by atoms with Crippen LogP contribution in [0.25, 0.3) is 10.9 Å². The van der Waals surface area contributed by atoms with Gasteiger partial charge in [0.1, 0.15) is 0 Å². The van der Waals surface area contributed by atoms with Gasteiger partial charge in [0.2, 0.25) is 0 Å². The van der Waals surface area contributed by atoms with E-state index in [1.54, 1.807) is 0 Å². The van der Waals surface area contributed by atoms with Crippen LogP contribution in [-0.2, 0) is 12.5 Å². The molecule has 0 fully saturated rings. The minimum Gasteiger partial charge on any atom is -0.350 e. The molecule has 0 aromatic carbocycles. The highest BCUT2D eigenvalue weighted by molar-refractivity contribution is 5.83. The zero-order valence-electron chi connectivity index (χ0n) is 9.20. The van der Waals surface area contributed by atoms with Crippen molar-refractivity contribution in [2.45, 2.75) is 26.2 Å². The fraction of sp³-hybridized carbons (Fsp3) is 0.417. The van der Waals surface area contributed by atoms with Gasteiger partial charge in [-0.25, -0.2) is 0 Å². The average Bonchev–Trinajstić information content (AvgIpc) is 2.44. The molecule has 0 radical (unpaired) electrons. The Bertz CT molecular complexity index is 461. The number of aryl methyl sites for hydroxylation is 1. The Balaban J connectivity index is 2.80. The molecule has 0 N–H and O–H groups in total. The quantitative estimate of drug-likeness (QED) is 0.621. The summed E-state index contributed by atoms with van der Waals surface area (Å²) < 4.78 is 2.16. The van der Waals surface area contributed by atoms with Crippen LogP contribution in [0.2, 0.25) is 0 Å². The Kier molecular flexibility index (Phi) is 1.88. The molecule has 0 unspecified atom stereocenters. The van der Waals surface area contributed by atoms with Gasteiger partial charge in [-0.15, -0.1) is 0 Å². The molecule has 0 bridgehead atoms. The molecule has 2 aromatic heterocycles. The lowest BCUT2D eigenvalue weighted by atomic mass is 9.87. The van der Waals surface area contributed by atoms with Gasteiger partial charge in [-0.05, 0) is 17.0 Å². The van der Waals surface area contributed by atoms with Gasteiger partial charge in [0.25, 0.3) is 0 Å². The second-order valence-corrected chi connectivity index (χ2v) is 4.80. The van der Waals surface area contributed by atoms with Crippen LogP contribution in [-0.4, -0.2) is 9.55 Å². The number of rotatable bonds is 0. The van der Waals surface area contributed by atoms with E-state index >= 15 is 0 Å². The molecule has 0 aliphatic heterocycles. The van der Waals surface area contributed by atoms with Crippen LogP contribution in [0.15, 0.2) is 24.7 Å². The summed E-state index contributed by atoms with van der Waals surface area (Å²) in [5.74, 6) is 0. The fourth-order valence-corrected chi connectivity index (χ4v) is 1.83. The van der Waals surface area contributed by atoms with Crippen LogP contribution in [0.5, 0.6) is 0 Å². The predicted molar refractivity (Wildman–Crippen MR) is 59.4 cm³/mol. The third kappa shape index (κ3) is 1.31. The summed E-state index contributed by atoms with van der Waals surface area (Å²) in [7, 11) is 2.08. The topological polar surface area (TPSA) is 17.8 Å². The highest BCUT2D eigenvalue weighted by Crippen LogP contribution is 2.30. The fourth-order valence-electron chi connectivity index (χ4n) is 1.83. The Hall–Kier alpha value is -1.31. The molecule has 14 heavy (non-hydrogen) atoms. The largest absolute Gasteiger partial charge is 0.350 e. The monoisotopic (exact) mass is 188 g/mol. The van der Waals surface area contributed by atoms with Crippen LogP contribution in [0.4, 0.5) is 0 Å². The Labute approximate surface area is 84.6 Å². The summed E-state index contributed by atoms with van der Waals surface area (Å²) in [6.45, 7) is 6.69. The van der Waals surface area contributed by atoms with Crippen molar-refractivity contribution in [1.82, 2.24) is 9.55 Å². The van der Waals surface area contributed by atoms with Crippen molar-refractivity contribution < 1.29 is 0 Å². The summed E-state index contributed by atoms with van der Waals surface area (Å²) >= 11 is 0. The number of fused-ring (bicyclic) bond motifs is 1. The maximum Gasteiger partial charge on any atom is 0.0511 e. The Morgan fingerprint density at radius 1 is 1.29 bits per heavy atom. The molecule has 2 heterocycles. The Morgan fingerprint density at radius 3 is 2.64 bits per heavy atom. The van der Waals surface area contributed by atoms with E-state index in [-0.39, 0.29) is 5.41 Å². The molecule has 2 aromatic rings. The van der Waals surface area contributed by atoms with Gasteiger partial charge >= 0.3 is 0 Å². The van der Waals surface area contributed by atoms with Crippen molar-refractivity contribution in [1.29, 1.82) is 0 Å². The molecule has 2 rings (SSSR count). The van der Waals surface area contributed by atoms with E-state index in [0.29, 0.717) is 0 Å². The van der Waals surface area contributed by atoms with Gasteiger partial charge in [0.05, 0.1) is 5.52 Å². The van der Waals surface area contributed by atoms with Crippen molar-refractivity contribution in [3.05, 3.63) is 30.2 Å². The van der Waals surface area contributed by atoms with Crippen molar-refractivity contribution >= 4 is 10.9 Å². The van der Waals surface area contributed by atoms with Crippen molar-refractivity contribution in [2.75, 3.05) is 0 Å². The second-order valence-electron chi connectivity index (χ2n) is 4.80. The zero-order chi connectivity index (χ0) is 10.3.